The van der Waals surface area contributed by atoms with E-state index in [0.29, 0.717) is 17.6 Å². The first-order valence-electron chi connectivity index (χ1n) is 6.52. The summed E-state index contributed by atoms with van der Waals surface area (Å²) in [6.45, 7) is 2.69. The molecule has 112 valence electrons. The number of nitrogens with one attached hydrogen (secondary N) is 1. The van der Waals surface area contributed by atoms with Gasteiger partial charge in [-0.2, -0.15) is 0 Å². The molecule has 0 unspecified atom stereocenters. The van der Waals surface area contributed by atoms with Crippen LogP contribution in [0.1, 0.15) is 17.3 Å². The van der Waals surface area contributed by atoms with Crippen molar-refractivity contribution in [3.63, 3.8) is 0 Å². The predicted octanol–water partition coefficient (Wildman–Crippen LogP) is 0.282. The van der Waals surface area contributed by atoms with E-state index in [-0.39, 0.29) is 25.7 Å². The van der Waals surface area contributed by atoms with Crippen LogP contribution in [-0.4, -0.2) is 51.7 Å². The highest BCUT2D eigenvalue weighted by Gasteiger charge is 2.09. The van der Waals surface area contributed by atoms with Crippen molar-refractivity contribution < 1.29 is 19.4 Å². The molecule has 0 spiro atoms. The molecule has 1 aromatic heterocycles. The number of hydrogen-bond donors (Lipinski definition) is 2. The number of carbonyl (C=O) groups is 2. The minimum Gasteiger partial charge on any atom is -0.480 e. The number of ether oxygens (including phenoxy) is 1. The normalized spacial score (nSPS) is 10.7. The number of nitrogens with zero attached hydrogens (tertiary/aromatic N) is 3. The molecule has 0 saturated heterocycles. The van der Waals surface area contributed by atoms with Crippen LogP contribution in [0.5, 0.6) is 0 Å². The van der Waals surface area contributed by atoms with E-state index in [4.69, 9.17) is 9.84 Å². The van der Waals surface area contributed by atoms with Gasteiger partial charge in [-0.25, -0.2) is 9.48 Å². The Balaban J connectivity index is 1.92. The number of benzene rings is 1. The van der Waals surface area contributed by atoms with Gasteiger partial charge in [0.1, 0.15) is 12.1 Å². The molecule has 1 heterocycles. The van der Waals surface area contributed by atoms with Crippen LogP contribution in [0.15, 0.2) is 18.2 Å². The van der Waals surface area contributed by atoms with Crippen LogP contribution in [0.25, 0.3) is 11.0 Å². The zero-order valence-electron chi connectivity index (χ0n) is 11.6. The molecule has 0 fully saturated rings. The van der Waals surface area contributed by atoms with Gasteiger partial charge >= 0.3 is 5.97 Å². The van der Waals surface area contributed by atoms with Crippen molar-refractivity contribution in [1.82, 2.24) is 20.3 Å². The molecule has 2 rings (SSSR count). The minimum absolute atomic E-state index is 0.145. The number of hydrogen-bond acceptors (Lipinski definition) is 5. The van der Waals surface area contributed by atoms with E-state index in [2.05, 4.69) is 15.6 Å². The fourth-order valence-electron chi connectivity index (χ4n) is 1.85. The molecule has 0 aliphatic carbocycles. The molecule has 2 N–H and O–H groups in total. The topological polar surface area (TPSA) is 106 Å². The molecule has 8 nitrogen and oxygen atoms in total. The van der Waals surface area contributed by atoms with Gasteiger partial charge in [-0.1, -0.05) is 5.21 Å². The molecule has 8 heteroatoms. The molecule has 0 atom stereocenters. The first kappa shape index (κ1) is 14.9. The number of carbonyl (C=O) groups excluding carboxylic acids is 1. The van der Waals surface area contributed by atoms with Crippen molar-refractivity contribution in [3.05, 3.63) is 23.8 Å². The third kappa shape index (κ3) is 3.76. The monoisotopic (exact) mass is 292 g/mol. The second-order valence-electron chi connectivity index (χ2n) is 4.31. The fraction of sp³-hybridized carbons (Fsp3) is 0.385. The van der Waals surface area contributed by atoms with E-state index in [9.17, 15) is 9.59 Å². The number of amides is 1. The van der Waals surface area contributed by atoms with Gasteiger partial charge in [0.2, 0.25) is 0 Å². The van der Waals surface area contributed by atoms with Crippen LogP contribution >= 0.6 is 0 Å². The van der Waals surface area contributed by atoms with Crippen LogP contribution in [0.3, 0.4) is 0 Å². The number of rotatable bonds is 7. The van der Waals surface area contributed by atoms with Crippen LogP contribution in [0, 0.1) is 0 Å². The van der Waals surface area contributed by atoms with Crippen LogP contribution < -0.4 is 5.32 Å². The van der Waals surface area contributed by atoms with Crippen molar-refractivity contribution in [1.29, 1.82) is 0 Å². The summed E-state index contributed by atoms with van der Waals surface area (Å²) in [4.78, 5) is 22.2. The Morgan fingerprint density at radius 3 is 2.95 bits per heavy atom. The SMILES string of the molecule is CCn1nnc2cc(C(=O)NCCOCC(=O)O)ccc21. The Morgan fingerprint density at radius 2 is 2.24 bits per heavy atom. The summed E-state index contributed by atoms with van der Waals surface area (Å²) in [7, 11) is 0. The molecular weight excluding hydrogens is 276 g/mol. The maximum atomic E-state index is 11.9. The zero-order chi connectivity index (χ0) is 15.2. The number of aliphatic carboxylic acids is 1. The lowest BCUT2D eigenvalue weighted by atomic mass is 10.2. The Kier molecular flexibility index (Phi) is 4.83. The van der Waals surface area contributed by atoms with Crippen molar-refractivity contribution in [2.75, 3.05) is 19.8 Å². The van der Waals surface area contributed by atoms with Gasteiger partial charge in [-0.3, -0.25) is 4.79 Å². The van der Waals surface area contributed by atoms with Gasteiger partial charge in [0, 0.05) is 18.7 Å². The molecule has 0 radical (unpaired) electrons. The summed E-state index contributed by atoms with van der Waals surface area (Å²) in [5.41, 5.74) is 2.01. The average molecular weight is 292 g/mol. The summed E-state index contributed by atoms with van der Waals surface area (Å²) >= 11 is 0. The number of carboxylic acid groups (broad SMARTS) is 1. The van der Waals surface area contributed by atoms with E-state index in [1.807, 2.05) is 6.92 Å². The van der Waals surface area contributed by atoms with E-state index >= 15 is 0 Å². The lowest BCUT2D eigenvalue weighted by Crippen LogP contribution is -2.27. The zero-order valence-corrected chi connectivity index (χ0v) is 11.6. The molecular formula is C13H16N4O4. The summed E-state index contributed by atoms with van der Waals surface area (Å²) in [6.07, 6.45) is 0. The molecule has 0 saturated carbocycles. The second-order valence-corrected chi connectivity index (χ2v) is 4.31. The van der Waals surface area contributed by atoms with E-state index in [1.54, 1.807) is 22.9 Å². The number of carboxylic acids is 1. The summed E-state index contributed by atoms with van der Waals surface area (Å²) < 4.78 is 6.58. The Labute approximate surface area is 120 Å². The third-order valence-corrected chi connectivity index (χ3v) is 2.83. The Hall–Kier alpha value is -2.48. The number of aromatic nitrogens is 3. The van der Waals surface area contributed by atoms with Crippen LogP contribution in [0.4, 0.5) is 0 Å². The summed E-state index contributed by atoms with van der Waals surface area (Å²) in [5.74, 6) is -1.30. The average Bonchev–Trinajstić information content (AvgIpc) is 2.88. The van der Waals surface area contributed by atoms with Gasteiger partial charge < -0.3 is 15.2 Å². The minimum atomic E-state index is -1.04. The third-order valence-electron chi connectivity index (χ3n) is 2.83. The first-order chi connectivity index (χ1) is 10.1. The van der Waals surface area contributed by atoms with Crippen molar-refractivity contribution in [2.24, 2.45) is 0 Å². The van der Waals surface area contributed by atoms with E-state index < -0.39 is 5.97 Å². The van der Waals surface area contributed by atoms with Gasteiger partial charge in [-0.05, 0) is 25.1 Å². The second kappa shape index (κ2) is 6.80. The van der Waals surface area contributed by atoms with Crippen molar-refractivity contribution >= 4 is 22.9 Å². The van der Waals surface area contributed by atoms with Gasteiger partial charge in [-0.15, -0.1) is 5.10 Å². The van der Waals surface area contributed by atoms with E-state index in [0.717, 1.165) is 5.52 Å². The van der Waals surface area contributed by atoms with E-state index in [1.165, 1.54) is 0 Å². The lowest BCUT2D eigenvalue weighted by Gasteiger charge is -2.05. The predicted molar refractivity (Wildman–Crippen MR) is 74.0 cm³/mol. The molecule has 0 aliphatic heterocycles. The fourth-order valence-corrected chi connectivity index (χ4v) is 1.85. The van der Waals surface area contributed by atoms with Gasteiger partial charge in [0.25, 0.3) is 5.91 Å². The maximum Gasteiger partial charge on any atom is 0.329 e. The molecule has 0 bridgehead atoms. The number of aryl methyl sites for hydroxylation is 1. The Morgan fingerprint density at radius 1 is 1.43 bits per heavy atom. The maximum absolute atomic E-state index is 11.9. The Bertz CT molecular complexity index is 653. The lowest BCUT2D eigenvalue weighted by molar-refractivity contribution is -0.142. The molecule has 1 amide bonds. The molecule has 2 aromatic rings. The number of fused-ring (bicyclic) bond motifs is 1. The largest absolute Gasteiger partial charge is 0.480 e. The van der Waals surface area contributed by atoms with Crippen molar-refractivity contribution in [2.45, 2.75) is 13.5 Å². The molecule has 1 aromatic carbocycles. The van der Waals surface area contributed by atoms with Crippen molar-refractivity contribution in [3.8, 4) is 0 Å². The highest BCUT2D eigenvalue weighted by molar-refractivity contribution is 5.97. The molecule has 0 aliphatic rings. The first-order valence-corrected chi connectivity index (χ1v) is 6.52. The van der Waals surface area contributed by atoms with Crippen LogP contribution in [0.2, 0.25) is 0 Å². The highest BCUT2D eigenvalue weighted by atomic mass is 16.5. The standard InChI is InChI=1S/C13H16N4O4/c1-2-17-11-4-3-9(7-10(11)15-16-17)13(20)14-5-6-21-8-12(18)19/h3-4,7H,2,5-6,8H2,1H3,(H,14,20)(H,18,19). The molecule has 21 heavy (non-hydrogen) atoms. The summed E-state index contributed by atoms with van der Waals surface area (Å²) in [5, 5.41) is 19.0. The quantitative estimate of drug-likeness (QED) is 0.710. The van der Waals surface area contributed by atoms with Crippen LogP contribution in [-0.2, 0) is 16.1 Å². The smallest absolute Gasteiger partial charge is 0.329 e. The van der Waals surface area contributed by atoms with Gasteiger partial charge in [0.05, 0.1) is 12.1 Å². The van der Waals surface area contributed by atoms with Gasteiger partial charge in [0.15, 0.2) is 0 Å². The highest BCUT2D eigenvalue weighted by Crippen LogP contribution is 2.13. The summed E-state index contributed by atoms with van der Waals surface area (Å²) in [6, 6.07) is 5.17.